The van der Waals surface area contributed by atoms with Crippen molar-refractivity contribution in [2.24, 2.45) is 0 Å². The maximum absolute atomic E-state index is 11.5. The van der Waals surface area contributed by atoms with Crippen molar-refractivity contribution < 1.29 is 14.6 Å². The Hall–Kier alpha value is -1.51. The maximum atomic E-state index is 11.5. The molecular formula is C15H20O3. The van der Waals surface area contributed by atoms with Gasteiger partial charge in [-0.05, 0) is 37.8 Å². The summed E-state index contributed by atoms with van der Waals surface area (Å²) in [5.41, 5.74) is 2.18. The molecule has 98 valence electrons. The van der Waals surface area contributed by atoms with E-state index >= 15 is 0 Å². The van der Waals surface area contributed by atoms with Crippen LogP contribution in [0.15, 0.2) is 6.07 Å². The highest BCUT2D eigenvalue weighted by molar-refractivity contribution is 6.09. The fourth-order valence-corrected chi connectivity index (χ4v) is 2.35. The minimum Gasteiger partial charge on any atom is -0.507 e. The first-order chi connectivity index (χ1) is 8.45. The Bertz CT molecular complexity index is 489. The first-order valence-corrected chi connectivity index (χ1v) is 6.54. The highest BCUT2D eigenvalue weighted by atomic mass is 16.5. The van der Waals surface area contributed by atoms with E-state index in [9.17, 15) is 9.90 Å². The topological polar surface area (TPSA) is 46.5 Å². The Morgan fingerprint density at radius 1 is 1.39 bits per heavy atom. The van der Waals surface area contributed by atoms with Crippen molar-refractivity contribution in [2.45, 2.75) is 52.6 Å². The maximum Gasteiger partial charge on any atom is 0.171 e. The van der Waals surface area contributed by atoms with Crippen LogP contribution in [0.3, 0.4) is 0 Å². The molecule has 1 atom stereocenters. The number of ether oxygens (including phenoxy) is 1. The van der Waals surface area contributed by atoms with Gasteiger partial charge >= 0.3 is 0 Å². The van der Waals surface area contributed by atoms with Crippen molar-refractivity contribution in [2.75, 3.05) is 0 Å². The van der Waals surface area contributed by atoms with Crippen molar-refractivity contribution in [3.8, 4) is 11.5 Å². The number of ketones is 1. The molecule has 0 fully saturated rings. The van der Waals surface area contributed by atoms with E-state index in [1.54, 1.807) is 0 Å². The van der Waals surface area contributed by atoms with Crippen LogP contribution >= 0.6 is 0 Å². The number of hydrogen-bond donors (Lipinski definition) is 1. The van der Waals surface area contributed by atoms with E-state index < -0.39 is 0 Å². The molecule has 0 aliphatic heterocycles. The molecule has 0 saturated carbocycles. The molecule has 0 saturated heterocycles. The van der Waals surface area contributed by atoms with Crippen LogP contribution in [0.1, 0.15) is 61.5 Å². The average molecular weight is 248 g/mol. The Morgan fingerprint density at radius 2 is 2.06 bits per heavy atom. The number of Topliss-reactive ketones (excluding diaryl/α,β-unsaturated/α-hetero) is 1. The van der Waals surface area contributed by atoms with Crippen LogP contribution in [0, 0.1) is 0 Å². The van der Waals surface area contributed by atoms with E-state index in [0.717, 1.165) is 23.3 Å². The van der Waals surface area contributed by atoms with E-state index in [1.165, 1.54) is 0 Å². The monoisotopic (exact) mass is 248 g/mol. The molecule has 0 unspecified atom stereocenters. The molecule has 3 heteroatoms. The molecule has 0 aromatic heterocycles. The number of hydrogen-bond acceptors (Lipinski definition) is 3. The zero-order chi connectivity index (χ0) is 13.4. The molecule has 3 nitrogen and oxygen atoms in total. The van der Waals surface area contributed by atoms with Gasteiger partial charge in [-0.3, -0.25) is 4.79 Å². The van der Waals surface area contributed by atoms with Gasteiger partial charge in [0.15, 0.2) is 5.78 Å². The van der Waals surface area contributed by atoms with Crippen LogP contribution in [-0.4, -0.2) is 17.0 Å². The smallest absolute Gasteiger partial charge is 0.171 e. The van der Waals surface area contributed by atoms with Crippen LogP contribution < -0.4 is 4.74 Å². The largest absolute Gasteiger partial charge is 0.507 e. The van der Waals surface area contributed by atoms with E-state index in [1.807, 2.05) is 26.8 Å². The Morgan fingerprint density at radius 3 is 2.56 bits per heavy atom. The summed E-state index contributed by atoms with van der Waals surface area (Å²) in [6.07, 6.45) is 1.37. The molecule has 18 heavy (non-hydrogen) atoms. The van der Waals surface area contributed by atoms with Crippen LogP contribution in [0.25, 0.3) is 0 Å². The first-order valence-electron chi connectivity index (χ1n) is 6.54. The molecule has 1 aromatic rings. The van der Waals surface area contributed by atoms with Gasteiger partial charge in [-0.25, -0.2) is 0 Å². The number of benzene rings is 1. The molecule has 0 bridgehead atoms. The van der Waals surface area contributed by atoms with Crippen molar-refractivity contribution in [1.29, 1.82) is 0 Å². The molecule has 1 N–H and O–H groups in total. The summed E-state index contributed by atoms with van der Waals surface area (Å²) in [7, 11) is 0. The highest BCUT2D eigenvalue weighted by Crippen LogP contribution is 2.44. The number of aromatic hydroxyl groups is 1. The molecular weight excluding hydrogens is 228 g/mol. The Kier molecular flexibility index (Phi) is 3.33. The third-order valence-electron chi connectivity index (χ3n) is 3.48. The van der Waals surface area contributed by atoms with Gasteiger partial charge in [0.2, 0.25) is 0 Å². The van der Waals surface area contributed by atoms with Crippen molar-refractivity contribution in [3.63, 3.8) is 0 Å². The van der Waals surface area contributed by atoms with Gasteiger partial charge in [0.05, 0.1) is 11.7 Å². The third kappa shape index (κ3) is 1.98. The molecule has 0 radical (unpaired) electrons. The summed E-state index contributed by atoms with van der Waals surface area (Å²) in [6, 6.07) is 1.91. The SMILES string of the molecule is CC[C@@H](C)c1c(OC(C)C)cc2c(c1O)C(=O)C2. The van der Waals surface area contributed by atoms with Crippen LogP contribution in [0.2, 0.25) is 0 Å². The van der Waals surface area contributed by atoms with Crippen LogP contribution in [0.4, 0.5) is 0 Å². The minimum atomic E-state index is 0.0307. The van der Waals surface area contributed by atoms with E-state index in [0.29, 0.717) is 12.0 Å². The first kappa shape index (κ1) is 12.9. The normalized spacial score (nSPS) is 15.3. The molecule has 1 aromatic carbocycles. The number of fused-ring (bicyclic) bond motifs is 1. The predicted octanol–water partition coefficient (Wildman–Crippen LogP) is 3.43. The Labute approximate surface area is 108 Å². The average Bonchev–Trinajstić information content (AvgIpc) is 2.25. The summed E-state index contributed by atoms with van der Waals surface area (Å²) in [6.45, 7) is 8.02. The molecule has 1 aliphatic rings. The second-order valence-electron chi connectivity index (χ2n) is 5.25. The van der Waals surface area contributed by atoms with E-state index in [2.05, 4.69) is 6.92 Å². The van der Waals surface area contributed by atoms with Gasteiger partial charge in [-0.15, -0.1) is 0 Å². The Balaban J connectivity index is 2.55. The standard InChI is InChI=1S/C15H20O3/c1-5-9(4)13-12(18-8(2)3)7-10-6-11(16)14(10)15(13)17/h7-9,17H,5-6H2,1-4H3/t9-/m1/s1. The number of carbonyl (C=O) groups is 1. The number of phenolic OH excluding ortho intramolecular Hbond substituents is 1. The van der Waals surface area contributed by atoms with Gasteiger partial charge in [-0.2, -0.15) is 0 Å². The fourth-order valence-electron chi connectivity index (χ4n) is 2.35. The molecule has 0 spiro atoms. The molecule has 0 heterocycles. The van der Waals surface area contributed by atoms with Crippen molar-refractivity contribution >= 4 is 5.78 Å². The second-order valence-corrected chi connectivity index (χ2v) is 5.25. The lowest BCUT2D eigenvalue weighted by molar-refractivity contribution is 0.0963. The molecule has 1 aliphatic carbocycles. The quantitative estimate of drug-likeness (QED) is 0.888. The number of rotatable bonds is 4. The minimum absolute atomic E-state index is 0.0307. The zero-order valence-electron chi connectivity index (χ0n) is 11.4. The van der Waals surface area contributed by atoms with Crippen LogP contribution in [-0.2, 0) is 6.42 Å². The van der Waals surface area contributed by atoms with Gasteiger partial charge in [0.1, 0.15) is 11.5 Å². The van der Waals surface area contributed by atoms with Gasteiger partial charge in [0, 0.05) is 12.0 Å². The third-order valence-corrected chi connectivity index (χ3v) is 3.48. The van der Waals surface area contributed by atoms with Crippen molar-refractivity contribution in [3.05, 3.63) is 22.8 Å². The van der Waals surface area contributed by atoms with E-state index in [4.69, 9.17) is 4.74 Å². The van der Waals surface area contributed by atoms with Gasteiger partial charge in [-0.1, -0.05) is 13.8 Å². The zero-order valence-corrected chi connectivity index (χ0v) is 11.4. The summed E-state index contributed by atoms with van der Waals surface area (Å²) in [5.74, 6) is 1.07. The van der Waals surface area contributed by atoms with E-state index in [-0.39, 0.29) is 23.6 Å². The fraction of sp³-hybridized carbons (Fsp3) is 0.533. The summed E-state index contributed by atoms with van der Waals surface area (Å²) >= 11 is 0. The molecule has 0 amide bonds. The van der Waals surface area contributed by atoms with Crippen molar-refractivity contribution in [1.82, 2.24) is 0 Å². The number of phenols is 1. The molecule has 2 rings (SSSR count). The summed E-state index contributed by atoms with van der Waals surface area (Å²) < 4.78 is 5.78. The lowest BCUT2D eigenvalue weighted by Gasteiger charge is -2.26. The summed E-state index contributed by atoms with van der Waals surface area (Å²) in [4.78, 5) is 11.5. The highest BCUT2D eigenvalue weighted by Gasteiger charge is 2.32. The van der Waals surface area contributed by atoms with Gasteiger partial charge in [0.25, 0.3) is 0 Å². The lowest BCUT2D eigenvalue weighted by atomic mass is 9.81. The van der Waals surface area contributed by atoms with Crippen LogP contribution in [0.5, 0.6) is 11.5 Å². The lowest BCUT2D eigenvalue weighted by Crippen LogP contribution is -2.21. The second kappa shape index (κ2) is 4.63. The predicted molar refractivity (Wildman–Crippen MR) is 70.6 cm³/mol. The number of carbonyl (C=O) groups excluding carboxylic acids is 1. The van der Waals surface area contributed by atoms with Gasteiger partial charge < -0.3 is 9.84 Å². The summed E-state index contributed by atoms with van der Waals surface area (Å²) in [5, 5.41) is 10.3.